The van der Waals surface area contributed by atoms with E-state index in [2.05, 4.69) is 20.1 Å². The molecule has 2 heterocycles. The summed E-state index contributed by atoms with van der Waals surface area (Å²) >= 11 is 1.73. The molecule has 0 unspecified atom stereocenters. The summed E-state index contributed by atoms with van der Waals surface area (Å²) in [6.45, 7) is 4.29. The Bertz CT molecular complexity index is 653. The molecule has 8 heteroatoms. The molecule has 108 valence electrons. The molecule has 0 aliphatic rings. The lowest BCUT2D eigenvalue weighted by atomic mass is 10.4. The summed E-state index contributed by atoms with van der Waals surface area (Å²) in [5.74, 6) is 1.85. The number of aromatic amines is 2. The summed E-state index contributed by atoms with van der Waals surface area (Å²) in [5.41, 5.74) is 8.37. The molecule has 0 saturated carbocycles. The zero-order chi connectivity index (χ0) is 14.5. The summed E-state index contributed by atoms with van der Waals surface area (Å²) in [6.07, 6.45) is 3.31. The number of imidazole rings is 1. The summed E-state index contributed by atoms with van der Waals surface area (Å²) in [4.78, 5) is 23.1. The van der Waals surface area contributed by atoms with Crippen molar-refractivity contribution in [1.82, 2.24) is 19.7 Å². The molecule has 20 heavy (non-hydrogen) atoms. The standard InChI is InChI=1S/C12H18N6OS/c1-8-5-17-18(11(8)19)12(13)14-3-4-20-6-10-9(2)15-7-16-10/h5,7,17H,3-4,6H2,1-2H3,(H2,13,14)(H,15,16). The van der Waals surface area contributed by atoms with Crippen molar-refractivity contribution in [2.75, 3.05) is 12.3 Å². The van der Waals surface area contributed by atoms with Crippen LogP contribution in [-0.2, 0) is 5.75 Å². The van der Waals surface area contributed by atoms with Gasteiger partial charge in [0.15, 0.2) is 0 Å². The highest BCUT2D eigenvalue weighted by Crippen LogP contribution is 2.11. The van der Waals surface area contributed by atoms with Crippen LogP contribution < -0.4 is 11.3 Å². The Kier molecular flexibility index (Phi) is 4.67. The first kappa shape index (κ1) is 14.4. The minimum absolute atomic E-state index is 0.161. The molecule has 4 N–H and O–H groups in total. The fourth-order valence-electron chi connectivity index (χ4n) is 1.63. The molecule has 7 nitrogen and oxygen atoms in total. The van der Waals surface area contributed by atoms with Crippen LogP contribution >= 0.6 is 11.8 Å². The number of hydrogen-bond acceptors (Lipinski definition) is 4. The number of aromatic nitrogens is 4. The molecule has 0 amide bonds. The van der Waals surface area contributed by atoms with E-state index in [1.54, 1.807) is 31.2 Å². The zero-order valence-electron chi connectivity index (χ0n) is 11.5. The van der Waals surface area contributed by atoms with E-state index in [9.17, 15) is 4.79 Å². The van der Waals surface area contributed by atoms with Gasteiger partial charge in [-0.3, -0.25) is 14.9 Å². The van der Waals surface area contributed by atoms with Gasteiger partial charge in [0, 0.05) is 29.0 Å². The van der Waals surface area contributed by atoms with E-state index < -0.39 is 0 Å². The van der Waals surface area contributed by atoms with Gasteiger partial charge in [0.05, 0.1) is 18.6 Å². The second kappa shape index (κ2) is 6.47. The molecule has 0 aliphatic carbocycles. The average molecular weight is 294 g/mol. The van der Waals surface area contributed by atoms with Crippen molar-refractivity contribution in [1.29, 1.82) is 0 Å². The van der Waals surface area contributed by atoms with E-state index in [1.165, 1.54) is 4.68 Å². The average Bonchev–Trinajstić information content (AvgIpc) is 2.97. The Hall–Kier alpha value is -1.96. The monoisotopic (exact) mass is 294 g/mol. The first-order chi connectivity index (χ1) is 9.59. The Morgan fingerprint density at radius 3 is 2.95 bits per heavy atom. The normalized spacial score (nSPS) is 12.0. The number of thioether (sulfide) groups is 1. The van der Waals surface area contributed by atoms with Gasteiger partial charge >= 0.3 is 0 Å². The fraction of sp³-hybridized carbons (Fsp3) is 0.417. The molecule has 2 aromatic heterocycles. The minimum Gasteiger partial charge on any atom is -0.368 e. The van der Waals surface area contributed by atoms with Crippen LogP contribution in [0.3, 0.4) is 0 Å². The van der Waals surface area contributed by atoms with Gasteiger partial charge in [0.2, 0.25) is 5.96 Å². The molecule has 0 spiro atoms. The molecule has 0 bridgehead atoms. The number of hydrogen-bond donors (Lipinski definition) is 3. The summed E-state index contributed by atoms with van der Waals surface area (Å²) in [5, 5.41) is 2.77. The third kappa shape index (κ3) is 3.32. The SMILES string of the molecule is Cc1[nH]cnc1CSCCN=C(N)n1[nH]cc(C)c1=O. The smallest absolute Gasteiger partial charge is 0.276 e. The number of nitrogens with zero attached hydrogens (tertiary/aromatic N) is 3. The van der Waals surface area contributed by atoms with Crippen LogP contribution in [0.1, 0.15) is 17.0 Å². The number of nitrogens with two attached hydrogens (primary N) is 1. The maximum absolute atomic E-state index is 11.6. The molecule has 0 radical (unpaired) electrons. The number of H-pyrrole nitrogens is 2. The molecule has 0 saturated heterocycles. The lowest BCUT2D eigenvalue weighted by Gasteiger charge is -2.01. The van der Waals surface area contributed by atoms with E-state index in [-0.39, 0.29) is 11.5 Å². The number of aliphatic imine (C=N–C) groups is 1. The molecule has 0 aromatic carbocycles. The Labute approximate surface area is 120 Å². The molecule has 0 atom stereocenters. The van der Waals surface area contributed by atoms with E-state index in [0.717, 1.165) is 22.9 Å². The van der Waals surface area contributed by atoms with Crippen molar-refractivity contribution in [3.63, 3.8) is 0 Å². The topological polar surface area (TPSA) is 105 Å². The van der Waals surface area contributed by atoms with Crippen LogP contribution in [0.25, 0.3) is 0 Å². The van der Waals surface area contributed by atoms with E-state index >= 15 is 0 Å². The van der Waals surface area contributed by atoms with Gasteiger partial charge in [-0.15, -0.1) is 0 Å². The highest BCUT2D eigenvalue weighted by molar-refractivity contribution is 7.98. The van der Waals surface area contributed by atoms with Crippen LogP contribution in [0.4, 0.5) is 0 Å². The predicted molar refractivity (Wildman–Crippen MR) is 81.2 cm³/mol. The Morgan fingerprint density at radius 2 is 2.35 bits per heavy atom. The highest BCUT2D eigenvalue weighted by atomic mass is 32.2. The third-order valence-corrected chi connectivity index (χ3v) is 3.81. The molecule has 0 aliphatic heterocycles. The Balaban J connectivity index is 1.80. The number of rotatable bonds is 5. The summed E-state index contributed by atoms with van der Waals surface area (Å²) in [6, 6.07) is 0. The zero-order valence-corrected chi connectivity index (χ0v) is 12.3. The van der Waals surface area contributed by atoms with E-state index in [1.807, 2.05) is 6.92 Å². The van der Waals surface area contributed by atoms with Gasteiger partial charge in [0.1, 0.15) is 0 Å². The largest absolute Gasteiger partial charge is 0.368 e. The van der Waals surface area contributed by atoms with Gasteiger partial charge in [-0.05, 0) is 13.8 Å². The van der Waals surface area contributed by atoms with Crippen molar-refractivity contribution >= 4 is 17.7 Å². The number of aryl methyl sites for hydroxylation is 2. The number of nitrogens with one attached hydrogen (secondary N) is 2. The van der Waals surface area contributed by atoms with Crippen molar-refractivity contribution < 1.29 is 0 Å². The van der Waals surface area contributed by atoms with Gasteiger partial charge in [-0.1, -0.05) is 0 Å². The summed E-state index contributed by atoms with van der Waals surface area (Å²) < 4.78 is 1.25. The van der Waals surface area contributed by atoms with Crippen LogP contribution in [0, 0.1) is 13.8 Å². The quantitative estimate of drug-likeness (QED) is 0.427. The van der Waals surface area contributed by atoms with Crippen molar-refractivity contribution in [3.05, 3.63) is 39.8 Å². The molecule has 2 aromatic rings. The lowest BCUT2D eigenvalue weighted by Crippen LogP contribution is -2.32. The van der Waals surface area contributed by atoms with E-state index in [4.69, 9.17) is 5.73 Å². The van der Waals surface area contributed by atoms with Gasteiger partial charge in [-0.2, -0.15) is 16.4 Å². The molecule has 2 rings (SSSR count). The van der Waals surface area contributed by atoms with Crippen LogP contribution in [0.2, 0.25) is 0 Å². The predicted octanol–water partition coefficient (Wildman–Crippen LogP) is 0.613. The Morgan fingerprint density at radius 1 is 1.55 bits per heavy atom. The van der Waals surface area contributed by atoms with Crippen LogP contribution in [0.15, 0.2) is 22.3 Å². The second-order valence-corrected chi connectivity index (χ2v) is 5.47. The first-order valence-electron chi connectivity index (χ1n) is 6.23. The van der Waals surface area contributed by atoms with Gasteiger partial charge in [0.25, 0.3) is 5.56 Å². The summed E-state index contributed by atoms with van der Waals surface area (Å²) in [7, 11) is 0. The highest BCUT2D eigenvalue weighted by Gasteiger charge is 2.04. The van der Waals surface area contributed by atoms with Crippen molar-refractivity contribution in [3.8, 4) is 0 Å². The lowest BCUT2D eigenvalue weighted by molar-refractivity contribution is 0.875. The molecular weight excluding hydrogens is 276 g/mol. The van der Waals surface area contributed by atoms with Gasteiger partial charge in [-0.25, -0.2) is 4.98 Å². The second-order valence-electron chi connectivity index (χ2n) is 4.36. The first-order valence-corrected chi connectivity index (χ1v) is 7.39. The van der Waals surface area contributed by atoms with Crippen molar-refractivity contribution in [2.45, 2.75) is 19.6 Å². The van der Waals surface area contributed by atoms with Crippen LogP contribution in [0.5, 0.6) is 0 Å². The van der Waals surface area contributed by atoms with Crippen molar-refractivity contribution in [2.24, 2.45) is 10.7 Å². The van der Waals surface area contributed by atoms with Crippen LogP contribution in [-0.4, -0.2) is 38.0 Å². The maximum atomic E-state index is 11.6. The fourth-order valence-corrected chi connectivity index (χ4v) is 2.47. The van der Waals surface area contributed by atoms with E-state index in [0.29, 0.717) is 12.1 Å². The minimum atomic E-state index is -0.161. The molecular formula is C12H18N6OS. The third-order valence-electron chi connectivity index (χ3n) is 2.86. The maximum Gasteiger partial charge on any atom is 0.276 e. The van der Waals surface area contributed by atoms with Gasteiger partial charge < -0.3 is 10.7 Å². The molecule has 0 fully saturated rings.